The number of halogens is 1. The number of rotatable bonds is 6. The van der Waals surface area contributed by atoms with Crippen LogP contribution < -0.4 is 14.9 Å². The third-order valence-electron chi connectivity index (χ3n) is 4.28. The quantitative estimate of drug-likeness (QED) is 0.515. The Bertz CT molecular complexity index is 1090. The lowest BCUT2D eigenvalue weighted by Gasteiger charge is -2.13. The molecule has 0 spiro atoms. The zero-order valence-corrected chi connectivity index (χ0v) is 17.3. The molecule has 0 aliphatic heterocycles. The minimum absolute atomic E-state index is 0.0622. The fourth-order valence-corrected chi connectivity index (χ4v) is 2.95. The lowest BCUT2D eigenvalue weighted by Crippen LogP contribution is -2.26. The van der Waals surface area contributed by atoms with Crippen molar-refractivity contribution in [2.24, 2.45) is 0 Å². The second-order valence-corrected chi connectivity index (χ2v) is 6.95. The van der Waals surface area contributed by atoms with Crippen molar-refractivity contribution in [1.29, 1.82) is 0 Å². The largest absolute Gasteiger partial charge is 0.479 e. The lowest BCUT2D eigenvalue weighted by molar-refractivity contribution is -0.150. The van der Waals surface area contributed by atoms with Crippen molar-refractivity contribution in [2.75, 3.05) is 6.61 Å². The van der Waals surface area contributed by atoms with Crippen molar-refractivity contribution in [3.8, 4) is 17.2 Å². The molecule has 152 valence electrons. The first-order valence-electron chi connectivity index (χ1n) is 9.13. The van der Waals surface area contributed by atoms with Gasteiger partial charge in [-0.1, -0.05) is 11.6 Å². The molecule has 0 unspecified atom stereocenters. The Labute approximate surface area is 172 Å². The maximum atomic E-state index is 12.8. The van der Waals surface area contributed by atoms with Gasteiger partial charge in [-0.25, -0.2) is 4.79 Å². The first kappa shape index (κ1) is 20.7. The van der Waals surface area contributed by atoms with E-state index < -0.39 is 12.1 Å². The van der Waals surface area contributed by atoms with E-state index in [1.54, 1.807) is 44.2 Å². The van der Waals surface area contributed by atoms with Crippen LogP contribution in [0.4, 0.5) is 0 Å². The standard InChI is InChI=1S/C22H21ClO6/c1-5-26-22(25)14(4)28-15-6-7-17-18(10-15)27-11-19(21(17)24)29-16-8-12(2)20(23)13(3)9-16/h6-11,14H,5H2,1-4H3/t14-/m0/s1. The van der Waals surface area contributed by atoms with Crippen molar-refractivity contribution in [2.45, 2.75) is 33.8 Å². The summed E-state index contributed by atoms with van der Waals surface area (Å²) in [7, 11) is 0. The lowest BCUT2D eigenvalue weighted by atomic mass is 10.1. The number of fused-ring (bicyclic) bond motifs is 1. The van der Waals surface area contributed by atoms with Gasteiger partial charge in [0.1, 0.15) is 23.3 Å². The fraction of sp³-hybridized carbons (Fsp3) is 0.273. The van der Waals surface area contributed by atoms with Crippen LogP contribution in [0.2, 0.25) is 5.02 Å². The van der Waals surface area contributed by atoms with Gasteiger partial charge in [-0.05, 0) is 63.1 Å². The van der Waals surface area contributed by atoms with Crippen molar-refractivity contribution in [3.05, 3.63) is 63.0 Å². The molecule has 29 heavy (non-hydrogen) atoms. The van der Waals surface area contributed by atoms with Crippen LogP contribution in [-0.4, -0.2) is 18.7 Å². The Hall–Kier alpha value is -2.99. The SMILES string of the molecule is CCOC(=O)[C@H](C)Oc1ccc2c(=O)c(Oc3cc(C)c(Cl)c(C)c3)coc2c1. The second kappa shape index (κ2) is 8.57. The number of hydrogen-bond acceptors (Lipinski definition) is 6. The maximum Gasteiger partial charge on any atom is 0.347 e. The average molecular weight is 417 g/mol. The van der Waals surface area contributed by atoms with Crippen molar-refractivity contribution >= 4 is 28.5 Å². The first-order chi connectivity index (χ1) is 13.8. The predicted molar refractivity (Wildman–Crippen MR) is 110 cm³/mol. The van der Waals surface area contributed by atoms with Gasteiger partial charge in [-0.2, -0.15) is 0 Å². The number of ether oxygens (including phenoxy) is 3. The molecule has 0 bridgehead atoms. The molecule has 0 aliphatic carbocycles. The summed E-state index contributed by atoms with van der Waals surface area (Å²) in [6, 6.07) is 8.22. The van der Waals surface area contributed by atoms with E-state index in [-0.39, 0.29) is 17.8 Å². The molecule has 0 N–H and O–H groups in total. The van der Waals surface area contributed by atoms with Gasteiger partial charge in [0.25, 0.3) is 0 Å². The molecule has 3 rings (SSSR count). The Morgan fingerprint density at radius 3 is 2.48 bits per heavy atom. The van der Waals surface area contributed by atoms with Crippen molar-refractivity contribution < 1.29 is 23.4 Å². The molecule has 0 fully saturated rings. The van der Waals surface area contributed by atoms with Crippen LogP contribution in [0, 0.1) is 13.8 Å². The molecule has 1 aromatic heterocycles. The highest BCUT2D eigenvalue weighted by Gasteiger charge is 2.17. The zero-order valence-electron chi connectivity index (χ0n) is 16.6. The van der Waals surface area contributed by atoms with Crippen molar-refractivity contribution in [3.63, 3.8) is 0 Å². The highest BCUT2D eigenvalue weighted by Crippen LogP contribution is 2.29. The summed E-state index contributed by atoms with van der Waals surface area (Å²) in [6.45, 7) is 7.31. The predicted octanol–water partition coefficient (Wildman–Crippen LogP) is 5.19. The molecule has 0 saturated heterocycles. The molecule has 2 aromatic carbocycles. The number of carbonyl (C=O) groups excluding carboxylic acids is 1. The van der Waals surface area contributed by atoms with Gasteiger partial charge < -0.3 is 18.6 Å². The molecule has 0 radical (unpaired) electrons. The average Bonchev–Trinajstić information content (AvgIpc) is 2.68. The van der Waals surface area contributed by atoms with E-state index in [1.165, 1.54) is 6.26 Å². The molecule has 7 heteroatoms. The molecule has 0 saturated carbocycles. The Balaban J connectivity index is 1.87. The third-order valence-corrected chi connectivity index (χ3v) is 4.88. The topological polar surface area (TPSA) is 75.0 Å². The van der Waals surface area contributed by atoms with E-state index in [1.807, 2.05) is 13.8 Å². The molecular formula is C22H21ClO6. The molecule has 6 nitrogen and oxygen atoms in total. The van der Waals surface area contributed by atoms with E-state index in [9.17, 15) is 9.59 Å². The van der Waals surface area contributed by atoms with Crippen LogP contribution in [0.5, 0.6) is 17.2 Å². The van der Waals surface area contributed by atoms with Crippen LogP contribution in [0.15, 0.2) is 45.8 Å². The van der Waals surface area contributed by atoms with E-state index in [4.69, 9.17) is 30.2 Å². The molecule has 1 heterocycles. The second-order valence-electron chi connectivity index (χ2n) is 6.57. The van der Waals surface area contributed by atoms with Crippen LogP contribution in [0.25, 0.3) is 11.0 Å². The fourth-order valence-electron chi connectivity index (χ4n) is 2.84. The van der Waals surface area contributed by atoms with Crippen LogP contribution in [0.3, 0.4) is 0 Å². The van der Waals surface area contributed by atoms with Gasteiger partial charge in [-0.3, -0.25) is 4.79 Å². The minimum Gasteiger partial charge on any atom is -0.479 e. The van der Waals surface area contributed by atoms with Gasteiger partial charge in [-0.15, -0.1) is 0 Å². The number of aryl methyl sites for hydroxylation is 2. The molecule has 0 amide bonds. The summed E-state index contributed by atoms with van der Waals surface area (Å²) in [4.78, 5) is 24.5. The Morgan fingerprint density at radius 1 is 1.14 bits per heavy atom. The Kier molecular flexibility index (Phi) is 6.13. The smallest absolute Gasteiger partial charge is 0.347 e. The van der Waals surface area contributed by atoms with Crippen LogP contribution in [-0.2, 0) is 9.53 Å². The summed E-state index contributed by atoms with van der Waals surface area (Å²) >= 11 is 6.17. The van der Waals surface area contributed by atoms with E-state index in [2.05, 4.69) is 0 Å². The van der Waals surface area contributed by atoms with Crippen molar-refractivity contribution in [1.82, 2.24) is 0 Å². The number of esters is 1. The Morgan fingerprint density at radius 2 is 1.83 bits per heavy atom. The number of benzene rings is 2. The normalized spacial score (nSPS) is 11.9. The zero-order chi connectivity index (χ0) is 21.1. The highest BCUT2D eigenvalue weighted by atomic mass is 35.5. The van der Waals surface area contributed by atoms with Gasteiger partial charge in [0.15, 0.2) is 6.10 Å². The summed E-state index contributed by atoms with van der Waals surface area (Å²) in [5.41, 5.74) is 1.70. The minimum atomic E-state index is -0.780. The highest BCUT2D eigenvalue weighted by molar-refractivity contribution is 6.32. The van der Waals surface area contributed by atoms with Gasteiger partial charge in [0.05, 0.1) is 12.0 Å². The van der Waals surface area contributed by atoms with Gasteiger partial charge >= 0.3 is 5.97 Å². The molecule has 3 aromatic rings. The number of carbonyl (C=O) groups is 1. The molecular weight excluding hydrogens is 396 g/mol. The monoisotopic (exact) mass is 416 g/mol. The summed E-state index contributed by atoms with van der Waals surface area (Å²) in [5.74, 6) is 0.483. The van der Waals surface area contributed by atoms with E-state index >= 15 is 0 Å². The maximum absolute atomic E-state index is 12.8. The van der Waals surface area contributed by atoms with E-state index in [0.29, 0.717) is 27.5 Å². The summed E-state index contributed by atoms with van der Waals surface area (Å²) in [6.07, 6.45) is 0.473. The van der Waals surface area contributed by atoms with Gasteiger partial charge in [0.2, 0.25) is 11.2 Å². The van der Waals surface area contributed by atoms with Gasteiger partial charge in [0, 0.05) is 11.1 Å². The number of hydrogen-bond donors (Lipinski definition) is 0. The van der Waals surface area contributed by atoms with Crippen LogP contribution >= 0.6 is 11.6 Å². The molecule has 1 atom stereocenters. The van der Waals surface area contributed by atoms with E-state index in [0.717, 1.165) is 11.1 Å². The first-order valence-corrected chi connectivity index (χ1v) is 9.51. The summed E-state index contributed by atoms with van der Waals surface area (Å²) in [5, 5.41) is 0.994. The molecule has 0 aliphatic rings. The third kappa shape index (κ3) is 4.54. The summed E-state index contributed by atoms with van der Waals surface area (Å²) < 4.78 is 21.8. The van der Waals surface area contributed by atoms with Crippen LogP contribution in [0.1, 0.15) is 25.0 Å².